The van der Waals surface area contributed by atoms with Crippen molar-refractivity contribution in [1.29, 1.82) is 0 Å². The number of nitrogens with one attached hydrogen (secondary N) is 2. The van der Waals surface area contributed by atoms with Crippen LogP contribution in [0.5, 0.6) is 0 Å². The third-order valence-electron chi connectivity index (χ3n) is 2.06. The number of nitrogens with two attached hydrogens (primary N) is 1. The van der Waals surface area contributed by atoms with Gasteiger partial charge in [0.05, 0.1) is 12.0 Å². The van der Waals surface area contributed by atoms with Crippen LogP contribution in [-0.4, -0.2) is 32.0 Å². The van der Waals surface area contributed by atoms with Crippen molar-refractivity contribution < 1.29 is 4.79 Å². The lowest BCUT2D eigenvalue weighted by atomic mass is 9.93. The van der Waals surface area contributed by atoms with Crippen LogP contribution in [0.3, 0.4) is 0 Å². The Labute approximate surface area is 97.2 Å². The summed E-state index contributed by atoms with van der Waals surface area (Å²) in [6, 6.07) is 0. The second-order valence-electron chi connectivity index (χ2n) is 4.48. The summed E-state index contributed by atoms with van der Waals surface area (Å²) < 4.78 is 0. The first kappa shape index (κ1) is 14.5. The van der Waals surface area contributed by atoms with E-state index < -0.39 is 5.41 Å². The maximum Gasteiger partial charge on any atom is 0.227 e. The van der Waals surface area contributed by atoms with Gasteiger partial charge in [-0.15, -0.1) is 0 Å². The summed E-state index contributed by atoms with van der Waals surface area (Å²) in [5.41, 5.74) is 6.06. The number of carbonyl (C=O) groups is 1. The van der Waals surface area contributed by atoms with E-state index in [-0.39, 0.29) is 5.91 Å². The topological polar surface area (TPSA) is 79.5 Å². The Bertz CT molecular complexity index is 294. The van der Waals surface area contributed by atoms with E-state index in [1.165, 1.54) is 0 Å². The van der Waals surface area contributed by atoms with Crippen molar-refractivity contribution in [2.45, 2.75) is 20.8 Å². The number of nitrogens with zero attached hydrogens (tertiary/aromatic N) is 1. The molecule has 0 saturated carbocycles. The number of aliphatic imine (C=N–C) groups is 1. The Morgan fingerprint density at radius 2 is 2.06 bits per heavy atom. The highest BCUT2D eigenvalue weighted by Crippen LogP contribution is 2.14. The van der Waals surface area contributed by atoms with Crippen molar-refractivity contribution in [3.05, 3.63) is 12.2 Å². The first-order valence-electron chi connectivity index (χ1n) is 5.20. The minimum atomic E-state index is -0.551. The molecule has 0 aliphatic rings. The van der Waals surface area contributed by atoms with Crippen molar-refractivity contribution in [2.75, 3.05) is 20.1 Å². The van der Waals surface area contributed by atoms with Gasteiger partial charge in [0.1, 0.15) is 0 Å². The van der Waals surface area contributed by atoms with E-state index in [1.54, 1.807) is 7.05 Å². The molecule has 4 N–H and O–H groups in total. The van der Waals surface area contributed by atoms with E-state index in [9.17, 15) is 4.79 Å². The van der Waals surface area contributed by atoms with Crippen LogP contribution in [0, 0.1) is 5.41 Å². The number of hydrogen-bond donors (Lipinski definition) is 3. The van der Waals surface area contributed by atoms with Crippen molar-refractivity contribution in [3.8, 4) is 0 Å². The van der Waals surface area contributed by atoms with Crippen molar-refractivity contribution in [3.63, 3.8) is 0 Å². The van der Waals surface area contributed by atoms with Crippen LogP contribution >= 0.6 is 0 Å². The van der Waals surface area contributed by atoms with Crippen LogP contribution in [0.15, 0.2) is 17.1 Å². The zero-order valence-electron chi connectivity index (χ0n) is 10.6. The molecule has 0 aliphatic carbocycles. The minimum Gasteiger partial charge on any atom is -0.370 e. The fourth-order valence-electron chi connectivity index (χ4n) is 0.990. The van der Waals surface area contributed by atoms with Gasteiger partial charge in [0.15, 0.2) is 5.96 Å². The molecule has 1 amide bonds. The lowest BCUT2D eigenvalue weighted by molar-refractivity contribution is -0.128. The van der Waals surface area contributed by atoms with Crippen LogP contribution in [0.25, 0.3) is 0 Å². The first-order chi connectivity index (χ1) is 7.29. The van der Waals surface area contributed by atoms with Gasteiger partial charge in [0, 0.05) is 13.6 Å². The van der Waals surface area contributed by atoms with Gasteiger partial charge in [-0.25, -0.2) is 0 Å². The van der Waals surface area contributed by atoms with Crippen LogP contribution in [0.4, 0.5) is 0 Å². The Kier molecular flexibility index (Phi) is 5.56. The average molecular weight is 226 g/mol. The van der Waals surface area contributed by atoms with E-state index in [0.717, 1.165) is 5.57 Å². The molecule has 0 radical (unpaired) electrons. The van der Waals surface area contributed by atoms with E-state index in [0.29, 0.717) is 19.0 Å². The molecule has 0 aliphatic heterocycles. The predicted molar refractivity (Wildman–Crippen MR) is 67.2 cm³/mol. The molecule has 0 aromatic heterocycles. The van der Waals surface area contributed by atoms with Gasteiger partial charge in [-0.1, -0.05) is 12.2 Å². The number of guanidine groups is 1. The summed E-state index contributed by atoms with van der Waals surface area (Å²) in [6.07, 6.45) is 0. The van der Waals surface area contributed by atoms with Crippen molar-refractivity contribution in [2.24, 2.45) is 16.1 Å². The normalized spacial score (nSPS) is 12.1. The number of amides is 1. The lowest BCUT2D eigenvalue weighted by Crippen LogP contribution is -2.39. The van der Waals surface area contributed by atoms with E-state index in [1.807, 2.05) is 20.8 Å². The molecule has 5 heteroatoms. The van der Waals surface area contributed by atoms with Gasteiger partial charge in [-0.2, -0.15) is 0 Å². The Hall–Kier alpha value is -1.52. The van der Waals surface area contributed by atoms with Crippen LogP contribution in [-0.2, 0) is 4.79 Å². The van der Waals surface area contributed by atoms with E-state index >= 15 is 0 Å². The quantitative estimate of drug-likeness (QED) is 0.357. The minimum absolute atomic E-state index is 0.0519. The largest absolute Gasteiger partial charge is 0.370 e. The van der Waals surface area contributed by atoms with Crippen molar-refractivity contribution in [1.82, 2.24) is 10.6 Å². The Balaban J connectivity index is 4.24. The highest BCUT2D eigenvalue weighted by molar-refractivity contribution is 5.83. The number of carbonyl (C=O) groups excluding carboxylic acids is 1. The zero-order chi connectivity index (χ0) is 12.8. The molecule has 16 heavy (non-hydrogen) atoms. The third kappa shape index (κ3) is 5.38. The molecular formula is C11H22N4O. The summed E-state index contributed by atoms with van der Waals surface area (Å²) in [5.74, 6) is 0.281. The molecule has 0 spiro atoms. The van der Waals surface area contributed by atoms with Gasteiger partial charge < -0.3 is 16.4 Å². The molecular weight excluding hydrogens is 204 g/mol. The molecule has 5 nitrogen and oxygen atoms in total. The Morgan fingerprint density at radius 3 is 2.50 bits per heavy atom. The highest BCUT2D eigenvalue weighted by atomic mass is 16.2. The number of hydrogen-bond acceptors (Lipinski definition) is 2. The average Bonchev–Trinajstić information content (AvgIpc) is 2.22. The zero-order valence-corrected chi connectivity index (χ0v) is 10.6. The van der Waals surface area contributed by atoms with Crippen LogP contribution in [0.1, 0.15) is 20.8 Å². The van der Waals surface area contributed by atoms with E-state index in [2.05, 4.69) is 22.2 Å². The molecule has 0 saturated heterocycles. The Morgan fingerprint density at radius 1 is 1.50 bits per heavy atom. The summed E-state index contributed by atoms with van der Waals surface area (Å²) in [5, 5.41) is 5.50. The molecule has 92 valence electrons. The fraction of sp³-hybridized carbons (Fsp3) is 0.636. The van der Waals surface area contributed by atoms with Gasteiger partial charge in [0.2, 0.25) is 5.91 Å². The standard InChI is InChI=1S/C11H22N4O/c1-8(2)6-14-10(12)15-7-11(3,4)9(16)13-5/h1,6-7H2,2-5H3,(H,13,16)(H3,12,14,15). The predicted octanol–water partition coefficient (Wildman–Crippen LogP) is 0.239. The summed E-state index contributed by atoms with van der Waals surface area (Å²) in [7, 11) is 1.61. The first-order valence-corrected chi connectivity index (χ1v) is 5.20. The molecule has 0 rings (SSSR count). The molecule has 0 bridgehead atoms. The lowest BCUT2D eigenvalue weighted by Gasteiger charge is -2.20. The highest BCUT2D eigenvalue weighted by Gasteiger charge is 2.26. The van der Waals surface area contributed by atoms with E-state index in [4.69, 9.17) is 5.73 Å². The van der Waals surface area contributed by atoms with Gasteiger partial charge in [0.25, 0.3) is 0 Å². The summed E-state index contributed by atoms with van der Waals surface area (Å²) in [6.45, 7) is 10.2. The maximum atomic E-state index is 11.5. The van der Waals surface area contributed by atoms with Gasteiger partial charge in [-0.3, -0.25) is 9.79 Å². The molecule has 0 unspecified atom stereocenters. The fourth-order valence-corrected chi connectivity index (χ4v) is 0.990. The monoisotopic (exact) mass is 226 g/mol. The van der Waals surface area contributed by atoms with Crippen LogP contribution < -0.4 is 16.4 Å². The van der Waals surface area contributed by atoms with Gasteiger partial charge in [-0.05, 0) is 20.8 Å². The molecule has 0 heterocycles. The molecule has 0 aromatic rings. The second-order valence-corrected chi connectivity index (χ2v) is 4.48. The molecule has 0 fully saturated rings. The third-order valence-corrected chi connectivity index (χ3v) is 2.06. The SMILES string of the molecule is C=C(C)CNC(N)=NCC(C)(C)C(=O)NC. The van der Waals surface area contributed by atoms with Crippen molar-refractivity contribution >= 4 is 11.9 Å². The number of rotatable bonds is 5. The molecule has 0 aromatic carbocycles. The maximum absolute atomic E-state index is 11.5. The van der Waals surface area contributed by atoms with Gasteiger partial charge >= 0.3 is 0 Å². The second kappa shape index (κ2) is 6.15. The summed E-state index contributed by atoms with van der Waals surface area (Å²) in [4.78, 5) is 15.6. The summed E-state index contributed by atoms with van der Waals surface area (Å²) >= 11 is 0. The molecule has 0 atom stereocenters. The smallest absolute Gasteiger partial charge is 0.227 e. The van der Waals surface area contributed by atoms with Crippen LogP contribution in [0.2, 0.25) is 0 Å².